The summed E-state index contributed by atoms with van der Waals surface area (Å²) in [6.45, 7) is 0. The number of aromatic nitrogens is 1. The normalized spacial score (nSPS) is 11.4. The van der Waals surface area contributed by atoms with Gasteiger partial charge in [-0.25, -0.2) is 0 Å². The third kappa shape index (κ3) is 3.90. The number of carbonyl (C=O) groups excluding carboxylic acids is 1. The minimum absolute atomic E-state index is 0.00663. The van der Waals surface area contributed by atoms with Gasteiger partial charge in [0.2, 0.25) is 0 Å². The lowest BCUT2D eigenvalue weighted by molar-refractivity contribution is -0.384. The third-order valence-electron chi connectivity index (χ3n) is 4.29. The number of nitro benzene ring substituents is 1. The van der Waals surface area contributed by atoms with Gasteiger partial charge in [0.1, 0.15) is 0 Å². The quantitative estimate of drug-likeness (QED) is 0.362. The Hall–Kier alpha value is -3.84. The highest BCUT2D eigenvalue weighted by Gasteiger charge is 2.14. The van der Waals surface area contributed by atoms with E-state index in [9.17, 15) is 14.9 Å². The Kier molecular flexibility index (Phi) is 5.13. The number of benzene rings is 3. The summed E-state index contributed by atoms with van der Waals surface area (Å²) in [6.07, 6.45) is 0. The molecule has 0 aliphatic carbocycles. The molecule has 3 aromatic carbocycles. The molecule has 4 rings (SSSR count). The summed E-state index contributed by atoms with van der Waals surface area (Å²) >= 11 is 1.31. The zero-order chi connectivity index (χ0) is 20.2. The van der Waals surface area contributed by atoms with E-state index in [-0.39, 0.29) is 11.6 Å². The predicted molar refractivity (Wildman–Crippen MR) is 112 cm³/mol. The molecule has 1 amide bonds. The van der Waals surface area contributed by atoms with Gasteiger partial charge in [0.05, 0.1) is 10.6 Å². The van der Waals surface area contributed by atoms with Crippen molar-refractivity contribution in [3.63, 3.8) is 0 Å². The largest absolute Gasteiger partial charge is 0.285 e. The van der Waals surface area contributed by atoms with Crippen LogP contribution in [0.4, 0.5) is 5.69 Å². The molecule has 1 aromatic heterocycles. The van der Waals surface area contributed by atoms with E-state index >= 15 is 0 Å². The lowest BCUT2D eigenvalue weighted by Crippen LogP contribution is -2.16. The first-order chi connectivity index (χ1) is 14.1. The molecule has 6 nitrogen and oxygen atoms in total. The average Bonchev–Trinajstić information content (AvgIpc) is 3.18. The molecule has 0 atom stereocenters. The van der Waals surface area contributed by atoms with Gasteiger partial charge in [-0.2, -0.15) is 4.99 Å². The highest BCUT2D eigenvalue weighted by molar-refractivity contribution is 7.07. The van der Waals surface area contributed by atoms with Gasteiger partial charge >= 0.3 is 0 Å². The summed E-state index contributed by atoms with van der Waals surface area (Å²) in [6, 6.07) is 24.7. The minimum atomic E-state index is -0.424. The summed E-state index contributed by atoms with van der Waals surface area (Å²) in [5, 5.41) is 13.0. The Morgan fingerprint density at radius 1 is 0.931 bits per heavy atom. The first-order valence-electron chi connectivity index (χ1n) is 8.78. The maximum absolute atomic E-state index is 12.6. The van der Waals surface area contributed by atoms with E-state index in [0.717, 1.165) is 11.4 Å². The second kappa shape index (κ2) is 8.04. The van der Waals surface area contributed by atoms with Crippen molar-refractivity contribution in [2.45, 2.75) is 0 Å². The fraction of sp³-hybridized carbons (Fsp3) is 0. The van der Waals surface area contributed by atoms with Crippen LogP contribution in [0.1, 0.15) is 10.4 Å². The van der Waals surface area contributed by atoms with Crippen LogP contribution in [0.3, 0.4) is 0 Å². The fourth-order valence-corrected chi connectivity index (χ4v) is 3.83. The number of thiazole rings is 1. The van der Waals surface area contributed by atoms with Crippen LogP contribution in [0.25, 0.3) is 16.9 Å². The molecule has 0 N–H and O–H groups in total. The Balaban J connectivity index is 1.90. The van der Waals surface area contributed by atoms with Crippen molar-refractivity contribution in [1.29, 1.82) is 0 Å². The van der Waals surface area contributed by atoms with E-state index in [4.69, 9.17) is 0 Å². The molecular formula is C22H15N3O3S. The number of rotatable bonds is 4. The van der Waals surface area contributed by atoms with E-state index in [0.29, 0.717) is 15.9 Å². The van der Waals surface area contributed by atoms with Crippen molar-refractivity contribution in [2.75, 3.05) is 0 Å². The van der Waals surface area contributed by atoms with Crippen LogP contribution in [0.2, 0.25) is 0 Å². The van der Waals surface area contributed by atoms with Crippen molar-refractivity contribution >= 4 is 22.9 Å². The smallest absolute Gasteiger partial charge is 0.279 e. The molecule has 142 valence electrons. The van der Waals surface area contributed by atoms with Crippen LogP contribution in [0.5, 0.6) is 0 Å². The SMILES string of the molecule is O=C(N=c1scc(-c2cccc([N+](=O)[O-])c2)n1-c1ccccc1)c1ccccc1. The number of non-ortho nitro benzene ring substituents is 1. The van der Waals surface area contributed by atoms with Crippen molar-refractivity contribution in [3.05, 3.63) is 111 Å². The van der Waals surface area contributed by atoms with Crippen LogP contribution in [-0.4, -0.2) is 15.4 Å². The Labute approximate surface area is 170 Å². The number of nitrogens with zero attached hydrogens (tertiary/aromatic N) is 3. The molecule has 0 fully saturated rings. The summed E-state index contributed by atoms with van der Waals surface area (Å²) in [4.78, 5) is 28.2. The zero-order valence-corrected chi connectivity index (χ0v) is 16.0. The first-order valence-corrected chi connectivity index (χ1v) is 9.66. The van der Waals surface area contributed by atoms with E-state index < -0.39 is 4.92 Å². The topological polar surface area (TPSA) is 77.5 Å². The summed E-state index contributed by atoms with van der Waals surface area (Å²) in [5.41, 5.74) is 2.72. The summed E-state index contributed by atoms with van der Waals surface area (Å²) in [7, 11) is 0. The lowest BCUT2D eigenvalue weighted by atomic mass is 10.1. The van der Waals surface area contributed by atoms with Gasteiger partial charge in [0.15, 0.2) is 4.80 Å². The van der Waals surface area contributed by atoms with Crippen LogP contribution < -0.4 is 4.80 Å². The number of nitro groups is 1. The van der Waals surface area contributed by atoms with Crippen molar-refractivity contribution in [2.24, 2.45) is 4.99 Å². The Morgan fingerprint density at radius 2 is 1.62 bits per heavy atom. The minimum Gasteiger partial charge on any atom is -0.285 e. The van der Waals surface area contributed by atoms with E-state index in [1.807, 2.05) is 46.3 Å². The standard InChI is InChI=1S/C22H15N3O3S/c26-21(16-8-3-1-4-9-16)23-22-24(18-11-5-2-6-12-18)20(15-29-22)17-10-7-13-19(14-17)25(27)28/h1-15H. The molecule has 0 spiro atoms. The fourth-order valence-electron chi connectivity index (χ4n) is 2.93. The maximum Gasteiger partial charge on any atom is 0.279 e. The molecule has 0 radical (unpaired) electrons. The Bertz CT molecular complexity index is 1250. The van der Waals surface area contributed by atoms with Crippen LogP contribution in [0, 0.1) is 10.1 Å². The van der Waals surface area contributed by atoms with Gasteiger partial charge in [-0.05, 0) is 24.3 Å². The Morgan fingerprint density at radius 3 is 2.31 bits per heavy atom. The van der Waals surface area contributed by atoms with Crippen LogP contribution >= 0.6 is 11.3 Å². The van der Waals surface area contributed by atoms with Crippen molar-refractivity contribution in [1.82, 2.24) is 4.57 Å². The predicted octanol–water partition coefficient (Wildman–Crippen LogP) is 4.86. The lowest BCUT2D eigenvalue weighted by Gasteiger charge is -2.09. The summed E-state index contributed by atoms with van der Waals surface area (Å²) < 4.78 is 1.84. The first kappa shape index (κ1) is 18.5. The molecule has 0 unspecified atom stereocenters. The maximum atomic E-state index is 12.6. The van der Waals surface area contributed by atoms with Gasteiger partial charge in [-0.1, -0.05) is 48.5 Å². The molecule has 0 aliphatic rings. The van der Waals surface area contributed by atoms with Gasteiger partial charge in [-0.15, -0.1) is 11.3 Å². The van der Waals surface area contributed by atoms with E-state index in [2.05, 4.69) is 4.99 Å². The number of hydrogen-bond acceptors (Lipinski definition) is 4. The molecule has 0 aliphatic heterocycles. The summed E-state index contributed by atoms with van der Waals surface area (Å²) in [5.74, 6) is -0.345. The van der Waals surface area contributed by atoms with E-state index in [1.165, 1.54) is 23.5 Å². The molecule has 0 saturated carbocycles. The molecule has 0 saturated heterocycles. The number of carbonyl (C=O) groups is 1. The molecule has 29 heavy (non-hydrogen) atoms. The third-order valence-corrected chi connectivity index (χ3v) is 5.12. The monoisotopic (exact) mass is 401 g/mol. The van der Waals surface area contributed by atoms with Gasteiger partial charge in [0.25, 0.3) is 11.6 Å². The highest BCUT2D eigenvalue weighted by atomic mass is 32.1. The molecule has 4 aromatic rings. The average molecular weight is 401 g/mol. The van der Waals surface area contributed by atoms with Crippen molar-refractivity contribution in [3.8, 4) is 16.9 Å². The molecule has 1 heterocycles. The molecule has 7 heteroatoms. The highest BCUT2D eigenvalue weighted by Crippen LogP contribution is 2.26. The second-order valence-electron chi connectivity index (χ2n) is 6.16. The number of hydrogen-bond donors (Lipinski definition) is 0. The van der Waals surface area contributed by atoms with Crippen molar-refractivity contribution < 1.29 is 9.72 Å². The van der Waals surface area contributed by atoms with Gasteiger partial charge in [0, 0.05) is 34.3 Å². The molecule has 0 bridgehead atoms. The van der Waals surface area contributed by atoms with Gasteiger partial charge in [-0.3, -0.25) is 19.5 Å². The van der Waals surface area contributed by atoms with Gasteiger partial charge < -0.3 is 0 Å². The van der Waals surface area contributed by atoms with Crippen LogP contribution in [-0.2, 0) is 0 Å². The van der Waals surface area contributed by atoms with E-state index in [1.54, 1.807) is 36.4 Å². The number of amides is 1. The second-order valence-corrected chi connectivity index (χ2v) is 7.00. The zero-order valence-electron chi connectivity index (χ0n) is 15.1. The number of para-hydroxylation sites is 1. The molecular weight excluding hydrogens is 386 g/mol. The van der Waals surface area contributed by atoms with Crippen LogP contribution in [0.15, 0.2) is 95.3 Å².